The molecule has 0 aliphatic carbocycles. The highest BCUT2D eigenvalue weighted by Gasteiger charge is 2.18. The van der Waals surface area contributed by atoms with Crippen molar-refractivity contribution in [1.29, 1.82) is 0 Å². The molecule has 0 amide bonds. The van der Waals surface area contributed by atoms with Crippen LogP contribution in [0.5, 0.6) is 0 Å². The third-order valence-electron chi connectivity index (χ3n) is 2.56. The standard InChI is InChI=1S/C14H17ClN4/c1-14(2,3)13-18-11(15)7-12(19-13)17-9-10-5-4-6-16-8-10/h4-8H,9H2,1-3H3,(H,17,18,19). The van der Waals surface area contributed by atoms with E-state index in [-0.39, 0.29) is 5.41 Å². The first-order chi connectivity index (χ1) is 8.95. The molecule has 19 heavy (non-hydrogen) atoms. The minimum Gasteiger partial charge on any atom is -0.366 e. The van der Waals surface area contributed by atoms with E-state index in [1.54, 1.807) is 12.3 Å². The Morgan fingerprint density at radius 3 is 2.68 bits per heavy atom. The van der Waals surface area contributed by atoms with Gasteiger partial charge < -0.3 is 5.32 Å². The molecule has 0 saturated carbocycles. The number of rotatable bonds is 3. The van der Waals surface area contributed by atoms with Crippen LogP contribution >= 0.6 is 11.6 Å². The number of nitrogens with one attached hydrogen (secondary N) is 1. The Morgan fingerprint density at radius 2 is 2.05 bits per heavy atom. The molecular weight excluding hydrogens is 260 g/mol. The Bertz CT molecular complexity index is 549. The van der Waals surface area contributed by atoms with Crippen LogP contribution in [0.1, 0.15) is 32.2 Å². The molecule has 0 spiro atoms. The molecule has 0 atom stereocenters. The number of aromatic nitrogens is 3. The number of pyridine rings is 1. The van der Waals surface area contributed by atoms with E-state index in [0.717, 1.165) is 17.2 Å². The van der Waals surface area contributed by atoms with Gasteiger partial charge in [-0.2, -0.15) is 0 Å². The van der Waals surface area contributed by atoms with Crippen LogP contribution in [0.2, 0.25) is 5.15 Å². The van der Waals surface area contributed by atoms with Gasteiger partial charge in [-0.15, -0.1) is 0 Å². The molecular formula is C14H17ClN4. The van der Waals surface area contributed by atoms with E-state index in [1.165, 1.54) is 0 Å². The Morgan fingerprint density at radius 1 is 1.26 bits per heavy atom. The third-order valence-corrected chi connectivity index (χ3v) is 2.76. The molecule has 0 aromatic carbocycles. The molecule has 5 heteroatoms. The van der Waals surface area contributed by atoms with Gasteiger partial charge in [0.15, 0.2) is 0 Å². The Balaban J connectivity index is 2.15. The van der Waals surface area contributed by atoms with Crippen LogP contribution in [0.3, 0.4) is 0 Å². The number of hydrogen-bond donors (Lipinski definition) is 1. The second-order valence-electron chi connectivity index (χ2n) is 5.36. The van der Waals surface area contributed by atoms with Crippen LogP contribution in [-0.4, -0.2) is 15.0 Å². The highest BCUT2D eigenvalue weighted by molar-refractivity contribution is 6.29. The normalized spacial score (nSPS) is 11.4. The van der Waals surface area contributed by atoms with Gasteiger partial charge >= 0.3 is 0 Å². The molecule has 1 N–H and O–H groups in total. The van der Waals surface area contributed by atoms with Gasteiger partial charge in [-0.3, -0.25) is 4.98 Å². The van der Waals surface area contributed by atoms with Crippen LogP contribution in [0.4, 0.5) is 5.82 Å². The monoisotopic (exact) mass is 276 g/mol. The van der Waals surface area contributed by atoms with E-state index >= 15 is 0 Å². The zero-order chi connectivity index (χ0) is 13.9. The molecule has 0 radical (unpaired) electrons. The number of hydrogen-bond acceptors (Lipinski definition) is 4. The molecule has 0 aliphatic heterocycles. The highest BCUT2D eigenvalue weighted by atomic mass is 35.5. The summed E-state index contributed by atoms with van der Waals surface area (Å²) < 4.78 is 0. The predicted molar refractivity (Wildman–Crippen MR) is 77.3 cm³/mol. The van der Waals surface area contributed by atoms with Crippen LogP contribution in [-0.2, 0) is 12.0 Å². The number of nitrogens with zero attached hydrogens (tertiary/aromatic N) is 3. The van der Waals surface area contributed by atoms with Crippen LogP contribution < -0.4 is 5.32 Å². The molecule has 2 heterocycles. The molecule has 2 aromatic heterocycles. The maximum atomic E-state index is 6.03. The average molecular weight is 277 g/mol. The average Bonchev–Trinajstić information content (AvgIpc) is 2.36. The van der Waals surface area contributed by atoms with Crippen molar-refractivity contribution in [3.63, 3.8) is 0 Å². The van der Waals surface area contributed by atoms with Crippen LogP contribution in [0, 0.1) is 0 Å². The highest BCUT2D eigenvalue weighted by Crippen LogP contribution is 2.22. The molecule has 0 fully saturated rings. The van der Waals surface area contributed by atoms with Crippen molar-refractivity contribution in [2.24, 2.45) is 0 Å². The fourth-order valence-electron chi connectivity index (χ4n) is 1.54. The first-order valence-corrected chi connectivity index (χ1v) is 6.51. The van der Waals surface area contributed by atoms with Gasteiger partial charge in [0.2, 0.25) is 0 Å². The van der Waals surface area contributed by atoms with Crippen molar-refractivity contribution < 1.29 is 0 Å². The topological polar surface area (TPSA) is 50.7 Å². The SMILES string of the molecule is CC(C)(C)c1nc(Cl)cc(NCc2cccnc2)n1. The smallest absolute Gasteiger partial charge is 0.137 e. The lowest BCUT2D eigenvalue weighted by Crippen LogP contribution is -2.17. The summed E-state index contributed by atoms with van der Waals surface area (Å²) in [6.07, 6.45) is 3.57. The maximum Gasteiger partial charge on any atom is 0.137 e. The molecule has 4 nitrogen and oxygen atoms in total. The van der Waals surface area contributed by atoms with E-state index in [9.17, 15) is 0 Å². The van der Waals surface area contributed by atoms with Gasteiger partial charge in [0, 0.05) is 30.4 Å². The van der Waals surface area contributed by atoms with Gasteiger partial charge in [0.1, 0.15) is 16.8 Å². The van der Waals surface area contributed by atoms with E-state index in [0.29, 0.717) is 11.7 Å². The first-order valence-electron chi connectivity index (χ1n) is 6.13. The summed E-state index contributed by atoms with van der Waals surface area (Å²) in [5.74, 6) is 1.46. The lowest BCUT2D eigenvalue weighted by Gasteiger charge is -2.17. The minimum absolute atomic E-state index is 0.129. The Kier molecular flexibility index (Phi) is 4.00. The Labute approximate surface area is 118 Å². The first kappa shape index (κ1) is 13.7. The maximum absolute atomic E-state index is 6.03. The Hall–Kier alpha value is -1.68. The van der Waals surface area contributed by atoms with Gasteiger partial charge in [0.25, 0.3) is 0 Å². The van der Waals surface area contributed by atoms with Crippen molar-refractivity contribution in [2.45, 2.75) is 32.7 Å². The van der Waals surface area contributed by atoms with Crippen molar-refractivity contribution in [1.82, 2.24) is 15.0 Å². The molecule has 0 bridgehead atoms. The minimum atomic E-state index is -0.129. The lowest BCUT2D eigenvalue weighted by molar-refractivity contribution is 0.546. The quantitative estimate of drug-likeness (QED) is 0.873. The van der Waals surface area contributed by atoms with E-state index in [1.807, 2.05) is 18.3 Å². The van der Waals surface area contributed by atoms with Gasteiger partial charge in [-0.05, 0) is 11.6 Å². The predicted octanol–water partition coefficient (Wildman–Crippen LogP) is 3.43. The number of halogens is 1. The summed E-state index contributed by atoms with van der Waals surface area (Å²) >= 11 is 6.03. The summed E-state index contributed by atoms with van der Waals surface area (Å²) in [5, 5.41) is 3.69. The van der Waals surface area contributed by atoms with E-state index in [4.69, 9.17) is 11.6 Å². The van der Waals surface area contributed by atoms with Gasteiger partial charge in [-0.1, -0.05) is 38.4 Å². The molecule has 0 unspecified atom stereocenters. The molecule has 0 saturated heterocycles. The van der Waals surface area contributed by atoms with Crippen molar-refractivity contribution in [2.75, 3.05) is 5.32 Å². The van der Waals surface area contributed by atoms with Gasteiger partial charge in [-0.25, -0.2) is 9.97 Å². The lowest BCUT2D eigenvalue weighted by atomic mass is 9.96. The number of anilines is 1. The summed E-state index contributed by atoms with van der Waals surface area (Å²) in [6, 6.07) is 5.64. The fraction of sp³-hybridized carbons (Fsp3) is 0.357. The largest absolute Gasteiger partial charge is 0.366 e. The second kappa shape index (κ2) is 5.53. The molecule has 0 aliphatic rings. The van der Waals surface area contributed by atoms with Crippen molar-refractivity contribution in [3.8, 4) is 0 Å². The zero-order valence-corrected chi connectivity index (χ0v) is 12.1. The molecule has 2 aromatic rings. The molecule has 100 valence electrons. The van der Waals surface area contributed by atoms with Crippen molar-refractivity contribution in [3.05, 3.63) is 47.1 Å². The molecule has 2 rings (SSSR count). The summed E-state index contributed by atoms with van der Waals surface area (Å²) in [6.45, 7) is 6.83. The van der Waals surface area contributed by atoms with E-state index in [2.05, 4.69) is 41.0 Å². The van der Waals surface area contributed by atoms with Gasteiger partial charge in [0.05, 0.1) is 0 Å². The van der Waals surface area contributed by atoms with Crippen LogP contribution in [0.15, 0.2) is 30.6 Å². The third kappa shape index (κ3) is 3.89. The second-order valence-corrected chi connectivity index (χ2v) is 5.75. The summed E-state index contributed by atoms with van der Waals surface area (Å²) in [7, 11) is 0. The van der Waals surface area contributed by atoms with Crippen LogP contribution in [0.25, 0.3) is 0 Å². The summed E-state index contributed by atoms with van der Waals surface area (Å²) in [4.78, 5) is 12.8. The fourth-order valence-corrected chi connectivity index (χ4v) is 1.72. The zero-order valence-electron chi connectivity index (χ0n) is 11.3. The summed E-state index contributed by atoms with van der Waals surface area (Å²) in [5.41, 5.74) is 0.963. The van der Waals surface area contributed by atoms with E-state index < -0.39 is 0 Å². The van der Waals surface area contributed by atoms with Crippen molar-refractivity contribution >= 4 is 17.4 Å².